The third kappa shape index (κ3) is 24.0. The molecule has 1 saturated heterocycles. The fourth-order valence-corrected chi connectivity index (χ4v) is 12.2. The predicted molar refractivity (Wildman–Crippen MR) is 396 cm³/mol. The van der Waals surface area contributed by atoms with Crippen molar-refractivity contribution >= 4 is 88.4 Å². The van der Waals surface area contributed by atoms with Gasteiger partial charge in [0.25, 0.3) is 11.8 Å². The van der Waals surface area contributed by atoms with Crippen LogP contribution >= 0.6 is 0 Å². The molecule has 6 rings (SSSR count). The standard InChI is InChI=1S/C73H105FN18O15/c1-9-91(10-2)32-31-81-69(102)59-39(5)55(82-40(59)6)36-49-48-35-47(74)19-20-58(48)92(72(49)105)73(106)107-37-44-13-17-46(18-14-44)45-15-11-43(12-16-45)34-57-68(101)88-56(33-38(3)4)67(100)85-50(21-26-75)62(95)84-53(24-29-78)66(99)90-61(42(8)94)71(104)80-30-25-54(65(98)83-51(22-27-76)64(97)89-57)86-63(96)52(23-28-77)87-70(103)60(79)41(7)93/h11-20,35-36,38,41-42,50-54,56-57,60-61,82,93-94H,9-10,21-34,37,75-79H2,1-8H3,(H,80,104)(H,81,102)(H,83,98)(H,84,95)(H,85,100)(H,86,96)(H,87,103)(H,88,101)(H,89,97)(H,90,99)/b49-36-/t41-,42+,50+,51?,52+,53+,54?,56+,57?,60?,61+/m0/s1. The summed E-state index contributed by atoms with van der Waals surface area (Å²) in [5.41, 5.74) is 34.0. The molecule has 107 heavy (non-hydrogen) atoms. The average molecular weight is 1490 g/mol. The lowest BCUT2D eigenvalue weighted by Crippen LogP contribution is -2.61. The predicted octanol–water partition coefficient (Wildman–Crippen LogP) is -1.80. The largest absolute Gasteiger partial charge is 0.444 e. The molecule has 0 bridgehead atoms. The molecular formula is C73H105FN18O15. The van der Waals surface area contributed by atoms with Gasteiger partial charge >= 0.3 is 6.09 Å². The highest BCUT2D eigenvalue weighted by molar-refractivity contribution is 6.41. The number of imide groups is 1. The summed E-state index contributed by atoms with van der Waals surface area (Å²) >= 11 is 0. The normalized spacial score (nSPS) is 21.0. The molecule has 0 saturated carbocycles. The lowest BCUT2D eigenvalue weighted by Gasteiger charge is -2.28. The third-order valence-electron chi connectivity index (χ3n) is 18.3. The number of likely N-dealkylation sites (N-methyl/N-ethyl adjacent to an activating group) is 1. The first kappa shape index (κ1) is 85.9. The first-order valence-electron chi connectivity index (χ1n) is 35.9. The van der Waals surface area contributed by atoms with Crippen molar-refractivity contribution in [3.63, 3.8) is 0 Å². The summed E-state index contributed by atoms with van der Waals surface area (Å²) in [4.78, 5) is 175. The summed E-state index contributed by atoms with van der Waals surface area (Å²) < 4.78 is 20.6. The SMILES string of the molecule is CCN(CC)CCNC(=O)c1c(C)[nH]c(/C=C2\C(=O)N(C(=O)OCc3ccc(-c4ccc(CC5NC(=O)C(CCN)NC(=O)C(NC(=O)[C@@H](CCN)NC(=O)C(N)[C@H](C)O)CCNC(=O)[C@@H]([C@@H](C)O)NC(=O)[C@@H](CCN)NC(=O)[C@@H](CCN)NC(=O)[C@@H](CC(C)C)NC5=O)cc4)cc3)c3ccc(F)cc32)c1C. The number of aliphatic hydroxyl groups is 2. The minimum absolute atomic E-state index is 0.00813. The van der Waals surface area contributed by atoms with Crippen molar-refractivity contribution in [2.75, 3.05) is 63.8 Å². The summed E-state index contributed by atoms with van der Waals surface area (Å²) in [6.07, 6.45) is -4.00. The number of aryl methyl sites for hydroxylation is 1. The van der Waals surface area contributed by atoms with Crippen molar-refractivity contribution in [2.24, 2.45) is 34.6 Å². The van der Waals surface area contributed by atoms with E-state index < -0.39 is 151 Å². The van der Waals surface area contributed by atoms with Gasteiger partial charge in [-0.3, -0.25) is 52.7 Å². The molecule has 34 heteroatoms. The summed E-state index contributed by atoms with van der Waals surface area (Å²) in [7, 11) is 0. The van der Waals surface area contributed by atoms with Crippen LogP contribution in [0.5, 0.6) is 0 Å². The fourth-order valence-electron chi connectivity index (χ4n) is 12.2. The highest BCUT2D eigenvalue weighted by Gasteiger charge is 2.40. The average Bonchev–Trinajstić information content (AvgIpc) is 1.61. The van der Waals surface area contributed by atoms with Crippen molar-refractivity contribution in [1.29, 1.82) is 0 Å². The lowest BCUT2D eigenvalue weighted by atomic mass is 9.98. The van der Waals surface area contributed by atoms with Crippen LogP contribution in [-0.4, -0.2) is 217 Å². The van der Waals surface area contributed by atoms with Gasteiger partial charge in [-0.25, -0.2) is 14.1 Å². The number of aromatic amines is 1. The maximum Gasteiger partial charge on any atom is 0.421 e. The summed E-state index contributed by atoms with van der Waals surface area (Å²) in [5, 5.41) is 46.8. The minimum Gasteiger partial charge on any atom is -0.444 e. The Hall–Kier alpha value is -10.1. The Kier molecular flexibility index (Phi) is 33.0. The van der Waals surface area contributed by atoms with E-state index in [1.807, 2.05) is 13.8 Å². The summed E-state index contributed by atoms with van der Waals surface area (Å²) in [6, 6.07) is 3.70. The quantitative estimate of drug-likeness (QED) is 0.0279. The van der Waals surface area contributed by atoms with Crippen LogP contribution in [-0.2, 0) is 65.7 Å². The van der Waals surface area contributed by atoms with E-state index in [9.17, 15) is 72.1 Å². The van der Waals surface area contributed by atoms with Crippen LogP contribution in [0, 0.1) is 25.6 Å². The number of rotatable bonds is 28. The molecule has 12 amide bonds. The first-order chi connectivity index (χ1) is 50.9. The molecule has 0 aliphatic carbocycles. The van der Waals surface area contributed by atoms with Gasteiger partial charge in [0.05, 0.1) is 29.0 Å². The molecule has 11 atom stereocenters. The molecule has 0 radical (unpaired) electrons. The van der Waals surface area contributed by atoms with Crippen molar-refractivity contribution < 1.29 is 76.9 Å². The molecule has 1 fully saturated rings. The van der Waals surface area contributed by atoms with E-state index in [-0.39, 0.29) is 100.0 Å². The van der Waals surface area contributed by atoms with Gasteiger partial charge in [-0.05, 0) is 163 Å². The van der Waals surface area contributed by atoms with Gasteiger partial charge in [-0.2, -0.15) is 0 Å². The first-order valence-corrected chi connectivity index (χ1v) is 35.9. The molecule has 2 aliphatic heterocycles. The molecule has 1 aromatic heterocycles. The molecule has 584 valence electrons. The van der Waals surface area contributed by atoms with Gasteiger partial charge in [0, 0.05) is 43.0 Å². The lowest BCUT2D eigenvalue weighted by molar-refractivity contribution is -0.136. The van der Waals surface area contributed by atoms with Crippen LogP contribution in [0.3, 0.4) is 0 Å². The Labute approximate surface area is 620 Å². The number of nitrogens with two attached hydrogens (primary N) is 5. The van der Waals surface area contributed by atoms with E-state index in [2.05, 4.69) is 63.1 Å². The molecule has 2 aliphatic rings. The number of amides is 12. The van der Waals surface area contributed by atoms with E-state index in [0.717, 1.165) is 30.1 Å². The number of benzene rings is 3. The molecule has 3 aromatic carbocycles. The van der Waals surface area contributed by atoms with Crippen molar-refractivity contribution in [2.45, 2.75) is 174 Å². The number of carbonyl (C=O) groups excluding carboxylic acids is 12. The number of halogens is 1. The number of nitrogens with zero attached hydrogens (tertiary/aromatic N) is 2. The van der Waals surface area contributed by atoms with Crippen molar-refractivity contribution in [3.8, 4) is 11.1 Å². The van der Waals surface area contributed by atoms with E-state index in [0.29, 0.717) is 57.9 Å². The van der Waals surface area contributed by atoms with Gasteiger partial charge in [-0.15, -0.1) is 0 Å². The Morgan fingerprint density at radius 1 is 0.682 bits per heavy atom. The molecule has 3 heterocycles. The second-order valence-electron chi connectivity index (χ2n) is 26.9. The van der Waals surface area contributed by atoms with Gasteiger partial charge < -0.3 is 107 Å². The minimum atomic E-state index is -1.69. The maximum atomic E-state index is 14.9. The Morgan fingerprint density at radius 2 is 1.21 bits per heavy atom. The Morgan fingerprint density at radius 3 is 1.76 bits per heavy atom. The summed E-state index contributed by atoms with van der Waals surface area (Å²) in [5.74, 6) is -10.5. The van der Waals surface area contributed by atoms with E-state index >= 15 is 0 Å². The monoisotopic (exact) mass is 1490 g/mol. The van der Waals surface area contributed by atoms with E-state index in [4.69, 9.17) is 33.4 Å². The number of carbonyl (C=O) groups is 12. The number of ether oxygens (including phenoxy) is 1. The fraction of sp³-hybridized carbons (Fsp3) is 0.507. The summed E-state index contributed by atoms with van der Waals surface area (Å²) in [6.45, 7) is 14.8. The number of fused-ring (bicyclic) bond motifs is 1. The zero-order valence-electron chi connectivity index (χ0n) is 61.7. The highest BCUT2D eigenvalue weighted by atomic mass is 19.1. The molecule has 4 unspecified atom stereocenters. The van der Waals surface area contributed by atoms with E-state index in [1.165, 1.54) is 26.0 Å². The number of hydrogen-bond acceptors (Lipinski definition) is 21. The van der Waals surface area contributed by atoms with Crippen LogP contribution in [0.4, 0.5) is 14.9 Å². The molecule has 4 aromatic rings. The van der Waals surface area contributed by atoms with Crippen LogP contribution in [0.25, 0.3) is 22.8 Å². The maximum absolute atomic E-state index is 14.9. The Balaban J connectivity index is 1.27. The molecular weight excluding hydrogens is 1390 g/mol. The number of H-pyrrole nitrogens is 1. The van der Waals surface area contributed by atoms with Crippen LogP contribution in [0.15, 0.2) is 66.7 Å². The number of nitrogens with one attached hydrogen (secondary N) is 11. The second-order valence-corrected chi connectivity index (χ2v) is 26.9. The van der Waals surface area contributed by atoms with Crippen LogP contribution in [0.2, 0.25) is 0 Å². The van der Waals surface area contributed by atoms with E-state index in [1.54, 1.807) is 76.2 Å². The van der Waals surface area contributed by atoms with Crippen LogP contribution < -0.4 is 86.7 Å². The second kappa shape index (κ2) is 41.2. The number of aromatic nitrogens is 1. The van der Waals surface area contributed by atoms with Gasteiger partial charge in [0.1, 0.15) is 66.8 Å². The highest BCUT2D eigenvalue weighted by Crippen LogP contribution is 2.39. The molecule has 33 nitrogen and oxygen atoms in total. The topological polar surface area (TPSA) is 527 Å². The smallest absolute Gasteiger partial charge is 0.421 e. The zero-order chi connectivity index (χ0) is 78.9. The van der Waals surface area contributed by atoms with Crippen LogP contribution in [0.1, 0.15) is 124 Å². The van der Waals surface area contributed by atoms with Gasteiger partial charge in [0.15, 0.2) is 0 Å². The molecule has 0 spiro atoms. The van der Waals surface area contributed by atoms with Gasteiger partial charge in [0.2, 0.25) is 53.2 Å². The zero-order valence-corrected chi connectivity index (χ0v) is 61.7. The van der Waals surface area contributed by atoms with Crippen molar-refractivity contribution in [3.05, 3.63) is 112 Å². The molecule has 23 N–H and O–H groups in total. The van der Waals surface area contributed by atoms with Gasteiger partial charge in [-0.1, -0.05) is 76.2 Å². The Bertz CT molecular complexity index is 3830. The number of anilines is 1. The number of aliphatic hydroxyl groups excluding tert-OH is 2. The number of hydrogen-bond donors (Lipinski definition) is 18. The third-order valence-corrected chi connectivity index (χ3v) is 18.3. The van der Waals surface area contributed by atoms with Crippen molar-refractivity contribution in [1.82, 2.24) is 63.1 Å².